The predicted octanol–water partition coefficient (Wildman–Crippen LogP) is 2.93. The molecule has 3 nitrogen and oxygen atoms in total. The Kier molecular flexibility index (Phi) is 5.59. The first kappa shape index (κ1) is 16.7. The van der Waals surface area contributed by atoms with Gasteiger partial charge in [-0.15, -0.1) is 0 Å². The van der Waals surface area contributed by atoms with Crippen LogP contribution >= 0.6 is 0 Å². The van der Waals surface area contributed by atoms with Crippen molar-refractivity contribution in [2.75, 3.05) is 19.6 Å². The number of nitrogens with one attached hydrogen (secondary N) is 1. The number of rotatable bonds is 6. The molecule has 3 rings (SSSR count). The van der Waals surface area contributed by atoms with Crippen LogP contribution in [0.25, 0.3) is 0 Å². The highest BCUT2D eigenvalue weighted by Gasteiger charge is 2.15. The van der Waals surface area contributed by atoms with Crippen molar-refractivity contribution in [3.05, 3.63) is 71.0 Å². The Morgan fingerprint density at radius 1 is 1.12 bits per heavy atom. The summed E-state index contributed by atoms with van der Waals surface area (Å²) in [5, 5.41) is 2.96. The van der Waals surface area contributed by atoms with Gasteiger partial charge in [0.25, 0.3) is 0 Å². The van der Waals surface area contributed by atoms with Crippen molar-refractivity contribution in [3.8, 4) is 0 Å². The first-order valence-corrected chi connectivity index (χ1v) is 8.51. The molecule has 0 saturated heterocycles. The molecule has 126 valence electrons. The number of hydrogen-bond acceptors (Lipinski definition) is 2. The Balaban J connectivity index is 1.37. The normalized spacial score (nSPS) is 14.2. The van der Waals surface area contributed by atoms with Gasteiger partial charge in [-0.3, -0.25) is 9.69 Å². The van der Waals surface area contributed by atoms with Gasteiger partial charge in [-0.1, -0.05) is 36.4 Å². The first-order chi connectivity index (χ1) is 11.7. The van der Waals surface area contributed by atoms with Crippen LogP contribution in [0, 0.1) is 5.82 Å². The van der Waals surface area contributed by atoms with Crippen molar-refractivity contribution in [2.24, 2.45) is 0 Å². The van der Waals surface area contributed by atoms with Gasteiger partial charge in [-0.25, -0.2) is 4.39 Å². The number of aryl methyl sites for hydroxylation is 1. The molecule has 1 amide bonds. The fourth-order valence-corrected chi connectivity index (χ4v) is 3.14. The van der Waals surface area contributed by atoms with E-state index < -0.39 is 0 Å². The maximum Gasteiger partial charge on any atom is 0.220 e. The molecule has 0 saturated carbocycles. The Labute approximate surface area is 142 Å². The zero-order valence-electron chi connectivity index (χ0n) is 13.8. The number of amides is 1. The molecular formula is C20H23FN2O. The summed E-state index contributed by atoms with van der Waals surface area (Å²) in [4.78, 5) is 14.3. The van der Waals surface area contributed by atoms with E-state index in [0.717, 1.165) is 31.6 Å². The highest BCUT2D eigenvalue weighted by Crippen LogP contribution is 2.17. The smallest absolute Gasteiger partial charge is 0.220 e. The second kappa shape index (κ2) is 8.06. The topological polar surface area (TPSA) is 32.3 Å². The van der Waals surface area contributed by atoms with Crippen LogP contribution in [0.4, 0.5) is 4.39 Å². The number of halogens is 1. The largest absolute Gasteiger partial charge is 0.355 e. The first-order valence-electron chi connectivity index (χ1n) is 8.51. The molecule has 0 atom stereocenters. The Bertz CT molecular complexity index is 702. The van der Waals surface area contributed by atoms with Crippen LogP contribution in [0.1, 0.15) is 23.1 Å². The van der Waals surface area contributed by atoms with Gasteiger partial charge in [0.1, 0.15) is 5.82 Å². The number of fused-ring (bicyclic) bond motifs is 1. The van der Waals surface area contributed by atoms with Crippen molar-refractivity contribution >= 4 is 5.91 Å². The molecule has 2 aromatic carbocycles. The van der Waals surface area contributed by atoms with E-state index >= 15 is 0 Å². The minimum absolute atomic E-state index is 0.0247. The fourth-order valence-electron chi connectivity index (χ4n) is 3.14. The van der Waals surface area contributed by atoms with Crippen molar-refractivity contribution in [3.63, 3.8) is 0 Å². The number of hydrogen-bond donors (Lipinski definition) is 1. The summed E-state index contributed by atoms with van der Waals surface area (Å²) in [6, 6.07) is 15.0. The highest BCUT2D eigenvalue weighted by atomic mass is 19.1. The second-order valence-electron chi connectivity index (χ2n) is 6.27. The van der Waals surface area contributed by atoms with Gasteiger partial charge < -0.3 is 5.32 Å². The lowest BCUT2D eigenvalue weighted by atomic mass is 10.00. The average molecular weight is 326 g/mol. The molecule has 0 unspecified atom stereocenters. The number of benzene rings is 2. The van der Waals surface area contributed by atoms with E-state index in [1.165, 1.54) is 23.3 Å². The maximum atomic E-state index is 13.1. The van der Waals surface area contributed by atoms with Gasteiger partial charge in [0.05, 0.1) is 0 Å². The predicted molar refractivity (Wildman–Crippen MR) is 93.2 cm³/mol. The summed E-state index contributed by atoms with van der Waals surface area (Å²) >= 11 is 0. The summed E-state index contributed by atoms with van der Waals surface area (Å²) in [6.45, 7) is 3.51. The molecule has 0 spiro atoms. The monoisotopic (exact) mass is 326 g/mol. The molecule has 1 heterocycles. The lowest BCUT2D eigenvalue weighted by molar-refractivity contribution is -0.121. The van der Waals surface area contributed by atoms with Crippen molar-refractivity contribution in [2.45, 2.75) is 25.8 Å². The molecule has 4 heteroatoms. The Hall–Kier alpha value is -2.20. The zero-order valence-corrected chi connectivity index (χ0v) is 13.8. The summed E-state index contributed by atoms with van der Waals surface area (Å²) in [7, 11) is 0. The lowest BCUT2D eigenvalue weighted by Crippen LogP contribution is -2.37. The quantitative estimate of drug-likeness (QED) is 0.885. The molecule has 0 bridgehead atoms. The van der Waals surface area contributed by atoms with E-state index in [1.54, 1.807) is 6.07 Å². The van der Waals surface area contributed by atoms with E-state index in [4.69, 9.17) is 0 Å². The van der Waals surface area contributed by atoms with Crippen LogP contribution in [-0.2, 0) is 24.2 Å². The lowest BCUT2D eigenvalue weighted by Gasteiger charge is -2.28. The van der Waals surface area contributed by atoms with Gasteiger partial charge in [0.2, 0.25) is 5.91 Å². The van der Waals surface area contributed by atoms with Crippen LogP contribution in [0.15, 0.2) is 48.5 Å². The van der Waals surface area contributed by atoms with E-state index in [-0.39, 0.29) is 11.7 Å². The summed E-state index contributed by atoms with van der Waals surface area (Å²) < 4.78 is 13.1. The van der Waals surface area contributed by atoms with Gasteiger partial charge >= 0.3 is 0 Å². The van der Waals surface area contributed by atoms with Crippen LogP contribution in [0.2, 0.25) is 0 Å². The third-order valence-corrected chi connectivity index (χ3v) is 4.49. The molecule has 1 aliphatic heterocycles. The molecule has 24 heavy (non-hydrogen) atoms. The summed E-state index contributed by atoms with van der Waals surface area (Å²) in [5.74, 6) is -0.227. The molecule has 0 radical (unpaired) electrons. The van der Waals surface area contributed by atoms with E-state index in [1.807, 2.05) is 6.07 Å². The molecule has 0 aliphatic carbocycles. The zero-order chi connectivity index (χ0) is 16.8. The Morgan fingerprint density at radius 3 is 2.79 bits per heavy atom. The van der Waals surface area contributed by atoms with Crippen molar-refractivity contribution in [1.82, 2.24) is 10.2 Å². The Morgan fingerprint density at radius 2 is 1.96 bits per heavy atom. The van der Waals surface area contributed by atoms with Gasteiger partial charge in [-0.2, -0.15) is 0 Å². The molecular weight excluding hydrogens is 303 g/mol. The maximum absolute atomic E-state index is 13.1. The van der Waals surface area contributed by atoms with Gasteiger partial charge in [0.15, 0.2) is 0 Å². The van der Waals surface area contributed by atoms with Crippen molar-refractivity contribution in [1.29, 1.82) is 0 Å². The summed E-state index contributed by atoms with van der Waals surface area (Å²) in [5.41, 5.74) is 3.69. The minimum atomic E-state index is -0.252. The van der Waals surface area contributed by atoms with Crippen LogP contribution in [-0.4, -0.2) is 30.4 Å². The van der Waals surface area contributed by atoms with Crippen LogP contribution in [0.5, 0.6) is 0 Å². The fraction of sp³-hybridized carbons (Fsp3) is 0.350. The molecule has 0 aromatic heterocycles. The third-order valence-electron chi connectivity index (χ3n) is 4.49. The van der Waals surface area contributed by atoms with Crippen LogP contribution in [0.3, 0.4) is 0 Å². The second-order valence-corrected chi connectivity index (χ2v) is 6.27. The SMILES string of the molecule is O=C(CCc1cccc(F)c1)NCCN1CCc2ccccc2C1. The van der Waals surface area contributed by atoms with Gasteiger partial charge in [0, 0.05) is 32.6 Å². The van der Waals surface area contributed by atoms with Crippen LogP contribution < -0.4 is 5.32 Å². The standard InChI is InChI=1S/C20H23FN2O/c21-19-7-3-4-16(14-19)8-9-20(24)22-11-13-23-12-10-17-5-1-2-6-18(17)15-23/h1-7,14H,8-13,15H2,(H,22,24). The number of carbonyl (C=O) groups is 1. The summed E-state index contributed by atoms with van der Waals surface area (Å²) in [6.07, 6.45) is 2.04. The highest BCUT2D eigenvalue weighted by molar-refractivity contribution is 5.76. The average Bonchev–Trinajstić information content (AvgIpc) is 2.60. The molecule has 0 fully saturated rings. The van der Waals surface area contributed by atoms with E-state index in [0.29, 0.717) is 19.4 Å². The third kappa shape index (κ3) is 4.65. The number of carbonyl (C=O) groups excluding carboxylic acids is 1. The molecule has 2 aromatic rings. The number of nitrogens with zero attached hydrogens (tertiary/aromatic N) is 1. The minimum Gasteiger partial charge on any atom is -0.355 e. The molecule has 1 aliphatic rings. The van der Waals surface area contributed by atoms with Gasteiger partial charge in [-0.05, 0) is 41.7 Å². The van der Waals surface area contributed by atoms with E-state index in [2.05, 4.69) is 34.5 Å². The van der Waals surface area contributed by atoms with E-state index in [9.17, 15) is 9.18 Å². The van der Waals surface area contributed by atoms with Crippen molar-refractivity contribution < 1.29 is 9.18 Å². The molecule has 1 N–H and O–H groups in total.